The number of carboxylic acids is 1. The second kappa shape index (κ2) is 10.2. The molecule has 0 saturated carbocycles. The van der Waals surface area contributed by atoms with Gasteiger partial charge in [0, 0.05) is 13.2 Å². The largest absolute Gasteiger partial charge is 0.489 e. The lowest BCUT2D eigenvalue weighted by molar-refractivity contribution is -0.117. The molecule has 1 amide bonds. The Kier molecular flexibility index (Phi) is 7.19. The Labute approximate surface area is 174 Å². The van der Waals surface area contributed by atoms with E-state index in [4.69, 9.17) is 14.6 Å². The third kappa shape index (κ3) is 5.93. The highest BCUT2D eigenvalue weighted by molar-refractivity contribution is 6.01. The maximum Gasteiger partial charge on any atom is 0.335 e. The lowest BCUT2D eigenvalue weighted by Crippen LogP contribution is -2.32. The second-order valence-electron chi connectivity index (χ2n) is 6.88. The Bertz CT molecular complexity index is 970. The smallest absolute Gasteiger partial charge is 0.335 e. The highest BCUT2D eigenvalue weighted by Crippen LogP contribution is 2.17. The predicted octanol–water partition coefficient (Wildman–Crippen LogP) is 3.17. The summed E-state index contributed by atoms with van der Waals surface area (Å²) in [6.07, 6.45) is 3.43. The SMILES string of the molecule is N#C/C(=C/c1ccc(OCc2cccc(C(=O)O)c2)cc1)C(=O)NC[C@H]1CCCO1. The monoisotopic (exact) mass is 406 g/mol. The van der Waals surface area contributed by atoms with Gasteiger partial charge < -0.3 is 19.9 Å². The summed E-state index contributed by atoms with van der Waals surface area (Å²) in [5.74, 6) is -0.818. The molecule has 0 aliphatic carbocycles. The molecule has 0 aromatic heterocycles. The minimum absolute atomic E-state index is 0.0153. The normalized spacial score (nSPS) is 16.0. The van der Waals surface area contributed by atoms with Gasteiger partial charge >= 0.3 is 5.97 Å². The Morgan fingerprint density at radius 3 is 2.73 bits per heavy atom. The molecule has 1 aliphatic rings. The number of hydrogen-bond donors (Lipinski definition) is 2. The number of nitrogens with one attached hydrogen (secondary N) is 1. The summed E-state index contributed by atoms with van der Waals surface area (Å²) in [5.41, 5.74) is 1.66. The molecule has 30 heavy (non-hydrogen) atoms. The van der Waals surface area contributed by atoms with Gasteiger partial charge in [-0.1, -0.05) is 24.3 Å². The molecule has 154 valence electrons. The topological polar surface area (TPSA) is 109 Å². The van der Waals surface area contributed by atoms with Gasteiger partial charge in [-0.15, -0.1) is 0 Å². The van der Waals surface area contributed by atoms with Crippen molar-refractivity contribution in [3.63, 3.8) is 0 Å². The fourth-order valence-corrected chi connectivity index (χ4v) is 3.04. The number of nitrogens with zero attached hydrogens (tertiary/aromatic N) is 1. The quantitative estimate of drug-likeness (QED) is 0.515. The van der Waals surface area contributed by atoms with Gasteiger partial charge in [0.2, 0.25) is 0 Å². The minimum atomic E-state index is -0.985. The van der Waals surface area contributed by atoms with Crippen molar-refractivity contribution in [2.75, 3.05) is 13.2 Å². The van der Waals surface area contributed by atoms with Crippen molar-refractivity contribution in [3.8, 4) is 11.8 Å². The van der Waals surface area contributed by atoms with E-state index in [9.17, 15) is 14.9 Å². The van der Waals surface area contributed by atoms with Crippen molar-refractivity contribution in [2.45, 2.75) is 25.6 Å². The number of ether oxygens (including phenoxy) is 2. The summed E-state index contributed by atoms with van der Waals surface area (Å²) in [5, 5.41) is 21.1. The Balaban J connectivity index is 1.57. The first kappa shape index (κ1) is 21.1. The van der Waals surface area contributed by atoms with E-state index in [0.29, 0.717) is 24.5 Å². The number of aromatic carboxylic acids is 1. The van der Waals surface area contributed by atoms with E-state index < -0.39 is 11.9 Å². The molecule has 0 spiro atoms. The van der Waals surface area contributed by atoms with Crippen LogP contribution in [0.1, 0.15) is 34.3 Å². The van der Waals surface area contributed by atoms with Crippen LogP contribution >= 0.6 is 0 Å². The van der Waals surface area contributed by atoms with Crippen LogP contribution in [-0.2, 0) is 16.1 Å². The molecule has 0 bridgehead atoms. The summed E-state index contributed by atoms with van der Waals surface area (Å²) in [7, 11) is 0. The zero-order valence-electron chi connectivity index (χ0n) is 16.3. The first-order valence-corrected chi connectivity index (χ1v) is 9.62. The fraction of sp³-hybridized carbons (Fsp3) is 0.261. The van der Waals surface area contributed by atoms with Gasteiger partial charge in [0.15, 0.2) is 0 Å². The van der Waals surface area contributed by atoms with Gasteiger partial charge in [0.25, 0.3) is 5.91 Å². The third-order valence-corrected chi connectivity index (χ3v) is 4.65. The standard InChI is InChI=1S/C23H22N2O5/c24-13-19(22(26)25-14-21-5-2-10-29-21)11-16-6-8-20(9-7-16)30-15-17-3-1-4-18(12-17)23(27)28/h1,3-4,6-9,11-12,21H,2,5,10,14-15H2,(H,25,26)(H,27,28)/b19-11-/t21-/m1/s1. The van der Waals surface area contributed by atoms with Gasteiger partial charge in [-0.25, -0.2) is 4.79 Å². The Morgan fingerprint density at radius 2 is 2.07 bits per heavy atom. The molecule has 1 fully saturated rings. The van der Waals surface area contributed by atoms with Gasteiger partial charge in [0.05, 0.1) is 11.7 Å². The van der Waals surface area contributed by atoms with Crippen LogP contribution in [0.2, 0.25) is 0 Å². The zero-order chi connectivity index (χ0) is 21.3. The van der Waals surface area contributed by atoms with Gasteiger partial charge in [-0.2, -0.15) is 5.26 Å². The summed E-state index contributed by atoms with van der Waals surface area (Å²) < 4.78 is 11.1. The molecule has 2 aromatic carbocycles. The van der Waals surface area contributed by atoms with Crippen LogP contribution in [-0.4, -0.2) is 36.2 Å². The molecule has 1 atom stereocenters. The van der Waals surface area contributed by atoms with Crippen molar-refractivity contribution < 1.29 is 24.2 Å². The van der Waals surface area contributed by atoms with Crippen molar-refractivity contribution in [3.05, 3.63) is 70.8 Å². The van der Waals surface area contributed by atoms with Crippen LogP contribution in [0.25, 0.3) is 6.08 Å². The van der Waals surface area contributed by atoms with Crippen molar-refractivity contribution in [1.82, 2.24) is 5.32 Å². The van der Waals surface area contributed by atoms with Gasteiger partial charge in [0.1, 0.15) is 24.0 Å². The average Bonchev–Trinajstić information content (AvgIpc) is 3.29. The molecule has 1 heterocycles. The van der Waals surface area contributed by atoms with E-state index in [0.717, 1.165) is 18.4 Å². The van der Waals surface area contributed by atoms with Crippen LogP contribution in [0.15, 0.2) is 54.1 Å². The van der Waals surface area contributed by atoms with E-state index >= 15 is 0 Å². The molecule has 3 rings (SSSR count). The molecular weight excluding hydrogens is 384 g/mol. The summed E-state index contributed by atoms with van der Waals surface area (Å²) in [6.45, 7) is 1.33. The number of rotatable bonds is 8. The minimum Gasteiger partial charge on any atom is -0.489 e. The molecule has 7 nitrogen and oxygen atoms in total. The summed E-state index contributed by atoms with van der Waals surface area (Å²) in [6, 6.07) is 15.4. The average molecular weight is 406 g/mol. The number of carboxylic acid groups (broad SMARTS) is 1. The molecular formula is C23H22N2O5. The first-order chi connectivity index (χ1) is 14.5. The third-order valence-electron chi connectivity index (χ3n) is 4.65. The fourth-order valence-electron chi connectivity index (χ4n) is 3.04. The number of amides is 1. The Morgan fingerprint density at radius 1 is 1.27 bits per heavy atom. The molecule has 0 radical (unpaired) electrons. The molecule has 1 saturated heterocycles. The second-order valence-corrected chi connectivity index (χ2v) is 6.88. The number of benzene rings is 2. The first-order valence-electron chi connectivity index (χ1n) is 9.62. The lowest BCUT2D eigenvalue weighted by Gasteiger charge is -2.10. The van der Waals surface area contributed by atoms with E-state index in [2.05, 4.69) is 5.32 Å². The predicted molar refractivity (Wildman–Crippen MR) is 110 cm³/mol. The van der Waals surface area contributed by atoms with Crippen LogP contribution in [0.3, 0.4) is 0 Å². The molecule has 1 aliphatic heterocycles. The van der Waals surface area contributed by atoms with Crippen LogP contribution in [0.5, 0.6) is 5.75 Å². The maximum absolute atomic E-state index is 12.2. The van der Waals surface area contributed by atoms with Crippen molar-refractivity contribution in [2.24, 2.45) is 0 Å². The molecule has 0 unspecified atom stereocenters. The summed E-state index contributed by atoms with van der Waals surface area (Å²) in [4.78, 5) is 23.2. The van der Waals surface area contributed by atoms with Crippen molar-refractivity contribution >= 4 is 18.0 Å². The highest BCUT2D eigenvalue weighted by Gasteiger charge is 2.17. The number of carbonyl (C=O) groups excluding carboxylic acids is 1. The number of nitriles is 1. The zero-order valence-corrected chi connectivity index (χ0v) is 16.3. The molecule has 7 heteroatoms. The van der Waals surface area contributed by atoms with Crippen LogP contribution in [0.4, 0.5) is 0 Å². The van der Waals surface area contributed by atoms with Crippen LogP contribution in [0, 0.1) is 11.3 Å². The summed E-state index contributed by atoms with van der Waals surface area (Å²) >= 11 is 0. The van der Waals surface area contributed by atoms with Crippen LogP contribution < -0.4 is 10.1 Å². The number of hydrogen-bond acceptors (Lipinski definition) is 5. The van der Waals surface area contributed by atoms with E-state index in [-0.39, 0.29) is 23.8 Å². The van der Waals surface area contributed by atoms with Crippen molar-refractivity contribution in [1.29, 1.82) is 5.26 Å². The Hall–Kier alpha value is -3.63. The highest BCUT2D eigenvalue weighted by atomic mass is 16.5. The van der Waals surface area contributed by atoms with Gasteiger partial charge in [-0.05, 0) is 54.3 Å². The maximum atomic E-state index is 12.2. The number of carbonyl (C=O) groups is 2. The molecule has 2 N–H and O–H groups in total. The van der Waals surface area contributed by atoms with E-state index in [1.165, 1.54) is 12.1 Å². The molecule has 2 aromatic rings. The van der Waals surface area contributed by atoms with E-state index in [1.807, 2.05) is 6.07 Å². The van der Waals surface area contributed by atoms with E-state index in [1.54, 1.807) is 42.5 Å². The lowest BCUT2D eigenvalue weighted by atomic mass is 10.1. The van der Waals surface area contributed by atoms with Gasteiger partial charge in [-0.3, -0.25) is 4.79 Å².